The first-order valence-corrected chi connectivity index (χ1v) is 7.16. The summed E-state index contributed by atoms with van der Waals surface area (Å²) < 4.78 is 28.0. The fourth-order valence-electron chi connectivity index (χ4n) is 1.30. The van der Waals surface area contributed by atoms with Gasteiger partial charge >= 0.3 is 5.97 Å². The number of carbonyl (C=O) groups is 1. The zero-order valence-electron chi connectivity index (χ0n) is 10.1. The number of hydrogen-bond donors (Lipinski definition) is 0. The standard InChI is InChI=1S/C12H16O4S/c1-9(2)12(13)16-8-10-6-4-5-7-11(10)17(3,14)15/h4-7,9H,8H2,1-3H3. The second-order valence-electron chi connectivity index (χ2n) is 4.14. The number of hydrogen-bond acceptors (Lipinski definition) is 4. The third kappa shape index (κ3) is 3.85. The van der Waals surface area contributed by atoms with E-state index in [1.165, 1.54) is 6.07 Å². The molecular weight excluding hydrogens is 240 g/mol. The molecular formula is C12H16O4S. The minimum absolute atomic E-state index is 0.0136. The van der Waals surface area contributed by atoms with Gasteiger partial charge in [-0.25, -0.2) is 8.42 Å². The molecule has 0 aromatic heterocycles. The second-order valence-corrected chi connectivity index (χ2v) is 6.13. The van der Waals surface area contributed by atoms with Gasteiger partial charge in [-0.2, -0.15) is 0 Å². The van der Waals surface area contributed by atoms with E-state index in [9.17, 15) is 13.2 Å². The van der Waals surface area contributed by atoms with Gasteiger partial charge in [-0.05, 0) is 6.07 Å². The lowest BCUT2D eigenvalue weighted by Gasteiger charge is -2.10. The Balaban J connectivity index is 2.89. The van der Waals surface area contributed by atoms with E-state index in [1.54, 1.807) is 32.0 Å². The van der Waals surface area contributed by atoms with Crippen molar-refractivity contribution in [1.29, 1.82) is 0 Å². The van der Waals surface area contributed by atoms with Crippen molar-refractivity contribution in [1.82, 2.24) is 0 Å². The lowest BCUT2D eigenvalue weighted by atomic mass is 10.2. The molecule has 5 heteroatoms. The van der Waals surface area contributed by atoms with Crippen molar-refractivity contribution in [3.8, 4) is 0 Å². The number of rotatable bonds is 4. The summed E-state index contributed by atoms with van der Waals surface area (Å²) in [4.78, 5) is 11.5. The van der Waals surface area contributed by atoms with Crippen LogP contribution in [0, 0.1) is 5.92 Å². The molecule has 0 fully saturated rings. The molecule has 0 atom stereocenters. The molecule has 1 aromatic rings. The van der Waals surface area contributed by atoms with Crippen LogP contribution in [0.4, 0.5) is 0 Å². The van der Waals surface area contributed by atoms with E-state index >= 15 is 0 Å². The van der Waals surface area contributed by atoms with Crippen molar-refractivity contribution in [2.24, 2.45) is 5.92 Å². The van der Waals surface area contributed by atoms with Gasteiger partial charge in [-0.1, -0.05) is 32.0 Å². The molecule has 0 saturated heterocycles. The van der Waals surface area contributed by atoms with E-state index in [2.05, 4.69) is 0 Å². The van der Waals surface area contributed by atoms with Gasteiger partial charge in [-0.15, -0.1) is 0 Å². The molecule has 0 saturated carbocycles. The van der Waals surface area contributed by atoms with Gasteiger partial charge in [0.1, 0.15) is 6.61 Å². The van der Waals surface area contributed by atoms with Crippen LogP contribution in [0.3, 0.4) is 0 Å². The summed E-state index contributed by atoms with van der Waals surface area (Å²) in [5.41, 5.74) is 0.504. The summed E-state index contributed by atoms with van der Waals surface area (Å²) in [5.74, 6) is -0.561. The van der Waals surface area contributed by atoms with E-state index in [0.29, 0.717) is 5.56 Å². The van der Waals surface area contributed by atoms with Gasteiger partial charge in [0.25, 0.3) is 0 Å². The second kappa shape index (κ2) is 5.31. The van der Waals surface area contributed by atoms with E-state index in [1.807, 2.05) is 0 Å². The van der Waals surface area contributed by atoms with Crippen LogP contribution in [0.15, 0.2) is 29.2 Å². The molecule has 1 aromatic carbocycles. The number of esters is 1. The molecule has 17 heavy (non-hydrogen) atoms. The lowest BCUT2D eigenvalue weighted by Crippen LogP contribution is -2.12. The first-order valence-electron chi connectivity index (χ1n) is 5.27. The molecule has 0 aliphatic carbocycles. The van der Waals surface area contributed by atoms with Gasteiger partial charge in [0.2, 0.25) is 0 Å². The highest BCUT2D eigenvalue weighted by Crippen LogP contribution is 2.16. The average Bonchev–Trinajstić information content (AvgIpc) is 2.24. The molecule has 0 radical (unpaired) electrons. The largest absolute Gasteiger partial charge is 0.461 e. The summed E-state index contributed by atoms with van der Waals surface area (Å²) in [7, 11) is -3.29. The van der Waals surface area contributed by atoms with Crippen LogP contribution in [0.5, 0.6) is 0 Å². The molecule has 94 valence electrons. The first kappa shape index (κ1) is 13.7. The van der Waals surface area contributed by atoms with E-state index < -0.39 is 9.84 Å². The maximum absolute atomic E-state index is 11.5. The Labute approximate surface area is 102 Å². The molecule has 0 bridgehead atoms. The van der Waals surface area contributed by atoms with Gasteiger partial charge in [0.15, 0.2) is 9.84 Å². The number of benzene rings is 1. The molecule has 0 unspecified atom stereocenters. The van der Waals surface area contributed by atoms with Gasteiger partial charge in [-0.3, -0.25) is 4.79 Å². The van der Waals surface area contributed by atoms with Crippen molar-refractivity contribution in [2.75, 3.05) is 6.26 Å². The zero-order valence-corrected chi connectivity index (χ0v) is 11.0. The summed E-state index contributed by atoms with van der Waals surface area (Å²) >= 11 is 0. The molecule has 0 amide bonds. The van der Waals surface area contributed by atoms with Crippen LogP contribution >= 0.6 is 0 Å². The van der Waals surface area contributed by atoms with Crippen LogP contribution < -0.4 is 0 Å². The third-order valence-electron chi connectivity index (χ3n) is 2.21. The SMILES string of the molecule is CC(C)C(=O)OCc1ccccc1S(C)(=O)=O. The van der Waals surface area contributed by atoms with E-state index in [4.69, 9.17) is 4.74 Å². The average molecular weight is 256 g/mol. The summed E-state index contributed by atoms with van der Waals surface area (Å²) in [6.45, 7) is 3.44. The predicted octanol–water partition coefficient (Wildman–Crippen LogP) is 1.79. The van der Waals surface area contributed by atoms with Crippen molar-refractivity contribution in [3.05, 3.63) is 29.8 Å². The van der Waals surface area contributed by atoms with Gasteiger partial charge < -0.3 is 4.74 Å². The quantitative estimate of drug-likeness (QED) is 0.771. The summed E-state index contributed by atoms with van der Waals surface area (Å²) in [6, 6.07) is 6.51. The first-order chi connectivity index (χ1) is 7.82. The predicted molar refractivity (Wildman–Crippen MR) is 64.2 cm³/mol. The maximum atomic E-state index is 11.5. The highest BCUT2D eigenvalue weighted by Gasteiger charge is 2.14. The minimum Gasteiger partial charge on any atom is -0.461 e. The van der Waals surface area contributed by atoms with Crippen molar-refractivity contribution in [2.45, 2.75) is 25.3 Å². The molecule has 0 aliphatic rings. The van der Waals surface area contributed by atoms with E-state index in [0.717, 1.165) is 6.26 Å². The molecule has 1 rings (SSSR count). The topological polar surface area (TPSA) is 60.4 Å². The van der Waals surface area contributed by atoms with Crippen molar-refractivity contribution >= 4 is 15.8 Å². The normalized spacial score (nSPS) is 11.5. The van der Waals surface area contributed by atoms with Gasteiger partial charge in [0, 0.05) is 11.8 Å². The highest BCUT2D eigenvalue weighted by atomic mass is 32.2. The minimum atomic E-state index is -3.29. The molecule has 4 nitrogen and oxygen atoms in total. The fourth-order valence-corrected chi connectivity index (χ4v) is 2.23. The molecule has 0 spiro atoms. The number of sulfone groups is 1. The summed E-state index contributed by atoms with van der Waals surface area (Å²) in [6.07, 6.45) is 1.14. The van der Waals surface area contributed by atoms with Crippen LogP contribution in [-0.2, 0) is 26.0 Å². The molecule has 0 aliphatic heterocycles. The Morgan fingerprint density at radius 1 is 1.29 bits per heavy atom. The van der Waals surface area contributed by atoms with Crippen LogP contribution in [0.25, 0.3) is 0 Å². The Bertz CT molecular complexity index is 503. The highest BCUT2D eigenvalue weighted by molar-refractivity contribution is 7.90. The van der Waals surface area contributed by atoms with E-state index in [-0.39, 0.29) is 23.4 Å². The van der Waals surface area contributed by atoms with Crippen LogP contribution in [0.1, 0.15) is 19.4 Å². The van der Waals surface area contributed by atoms with Crippen LogP contribution in [-0.4, -0.2) is 20.6 Å². The smallest absolute Gasteiger partial charge is 0.308 e. The zero-order chi connectivity index (χ0) is 13.1. The maximum Gasteiger partial charge on any atom is 0.308 e. The van der Waals surface area contributed by atoms with Gasteiger partial charge in [0.05, 0.1) is 10.8 Å². The Hall–Kier alpha value is -1.36. The number of carbonyl (C=O) groups excluding carboxylic acids is 1. The molecule has 0 N–H and O–H groups in total. The fraction of sp³-hybridized carbons (Fsp3) is 0.417. The Morgan fingerprint density at radius 3 is 2.41 bits per heavy atom. The summed E-state index contributed by atoms with van der Waals surface area (Å²) in [5, 5.41) is 0. The third-order valence-corrected chi connectivity index (χ3v) is 3.41. The molecule has 0 heterocycles. The Kier molecular flexibility index (Phi) is 4.28. The van der Waals surface area contributed by atoms with Crippen LogP contribution in [0.2, 0.25) is 0 Å². The van der Waals surface area contributed by atoms with Crippen molar-refractivity contribution in [3.63, 3.8) is 0 Å². The monoisotopic (exact) mass is 256 g/mol. The van der Waals surface area contributed by atoms with Crippen molar-refractivity contribution < 1.29 is 17.9 Å². The number of ether oxygens (including phenoxy) is 1. The Morgan fingerprint density at radius 2 is 1.88 bits per heavy atom. The lowest BCUT2D eigenvalue weighted by molar-refractivity contribution is -0.148.